The lowest BCUT2D eigenvalue weighted by molar-refractivity contribution is 0.267. The van der Waals surface area contributed by atoms with Crippen molar-refractivity contribution >= 4 is 10.0 Å². The first-order chi connectivity index (χ1) is 14.1. The number of benzene rings is 1. The first-order valence-electron chi connectivity index (χ1n) is 10.3. The predicted molar refractivity (Wildman–Crippen MR) is 113 cm³/mol. The third-order valence-electron chi connectivity index (χ3n) is 6.17. The highest BCUT2D eigenvalue weighted by atomic mass is 32.2. The molecule has 0 unspecified atom stereocenters. The minimum atomic E-state index is -3.23. The van der Waals surface area contributed by atoms with Gasteiger partial charge in [0.15, 0.2) is 0 Å². The lowest BCUT2D eigenvalue weighted by Crippen LogP contribution is -2.33. The molecule has 2 saturated heterocycles. The van der Waals surface area contributed by atoms with Crippen LogP contribution in [0.2, 0.25) is 0 Å². The summed E-state index contributed by atoms with van der Waals surface area (Å²) in [4.78, 5) is 6.55. The lowest BCUT2D eigenvalue weighted by atomic mass is 10.0. The molecule has 0 saturated carbocycles. The Kier molecular flexibility index (Phi) is 6.18. The van der Waals surface area contributed by atoms with Crippen LogP contribution >= 0.6 is 0 Å². The number of hydrogen-bond acceptors (Lipinski definition) is 5. The third-order valence-corrected chi connectivity index (χ3v) is 8.60. The van der Waals surface area contributed by atoms with Crippen LogP contribution < -0.4 is 4.74 Å². The maximum absolute atomic E-state index is 13.2. The second-order valence-corrected chi connectivity index (χ2v) is 10.2. The smallest absolute Gasteiger partial charge is 0.217 e. The molecule has 2 aromatic rings. The Labute approximate surface area is 173 Å². The van der Waals surface area contributed by atoms with Gasteiger partial charge in [-0.25, -0.2) is 12.7 Å². The summed E-state index contributed by atoms with van der Waals surface area (Å²) in [5, 5.41) is -0.244. The quantitative estimate of drug-likeness (QED) is 0.726. The Morgan fingerprint density at radius 2 is 1.97 bits per heavy atom. The van der Waals surface area contributed by atoms with Gasteiger partial charge in [0.2, 0.25) is 10.0 Å². The average Bonchev–Trinajstić information content (AvgIpc) is 2.85. The molecule has 0 N–H and O–H groups in total. The van der Waals surface area contributed by atoms with Crippen molar-refractivity contribution in [2.75, 3.05) is 33.3 Å². The second kappa shape index (κ2) is 8.81. The Balaban J connectivity index is 1.37. The zero-order valence-corrected chi connectivity index (χ0v) is 17.7. The maximum Gasteiger partial charge on any atom is 0.217 e. The standard InChI is InChI=1S/C22H29N3O3S/c1-28-21-6-2-4-18(14-21)7-13-25-17-20-8-11-24(12-9-22(20)29(25,26)27)16-19-5-3-10-23-15-19/h2-6,10,14-15,20,22H,7-9,11-13,16-17H2,1H3/t20-,22-/m1/s1. The molecular weight excluding hydrogens is 386 g/mol. The molecule has 6 nitrogen and oxygen atoms in total. The predicted octanol–water partition coefficient (Wildman–Crippen LogP) is 2.56. The molecule has 2 fully saturated rings. The number of likely N-dealkylation sites (tertiary alicyclic amines) is 1. The van der Waals surface area contributed by atoms with E-state index in [0.717, 1.165) is 37.4 Å². The molecule has 0 bridgehead atoms. The summed E-state index contributed by atoms with van der Waals surface area (Å²) in [6.45, 7) is 3.79. The first-order valence-corrected chi connectivity index (χ1v) is 11.8. The Morgan fingerprint density at radius 1 is 1.14 bits per heavy atom. The van der Waals surface area contributed by atoms with E-state index in [1.165, 1.54) is 5.56 Å². The van der Waals surface area contributed by atoms with Crippen molar-refractivity contribution in [3.63, 3.8) is 0 Å². The van der Waals surface area contributed by atoms with Crippen molar-refractivity contribution in [2.45, 2.75) is 31.1 Å². The van der Waals surface area contributed by atoms with Crippen LogP contribution in [0.3, 0.4) is 0 Å². The van der Waals surface area contributed by atoms with Gasteiger partial charge in [-0.15, -0.1) is 0 Å². The van der Waals surface area contributed by atoms with Crippen LogP contribution in [0.15, 0.2) is 48.8 Å². The molecule has 1 aromatic heterocycles. The van der Waals surface area contributed by atoms with Gasteiger partial charge in [0.05, 0.1) is 12.4 Å². The summed E-state index contributed by atoms with van der Waals surface area (Å²) >= 11 is 0. The van der Waals surface area contributed by atoms with E-state index in [2.05, 4.69) is 16.0 Å². The normalized spacial score (nSPS) is 24.7. The summed E-state index contributed by atoms with van der Waals surface area (Å²) in [5.41, 5.74) is 2.29. The molecule has 7 heteroatoms. The number of nitrogens with zero attached hydrogens (tertiary/aromatic N) is 3. The fourth-order valence-corrected chi connectivity index (χ4v) is 6.80. The van der Waals surface area contributed by atoms with Crippen LogP contribution in [-0.2, 0) is 23.0 Å². The van der Waals surface area contributed by atoms with Crippen LogP contribution in [0.25, 0.3) is 0 Å². The highest BCUT2D eigenvalue weighted by Crippen LogP contribution is 2.34. The Hall–Kier alpha value is -1.96. The number of sulfonamides is 1. The SMILES string of the molecule is COc1cccc(CCN2C[C@H]3CCN(Cc4cccnc4)CC[C@H]3S2(=O)=O)c1. The van der Waals surface area contributed by atoms with Crippen LogP contribution in [0.1, 0.15) is 24.0 Å². The monoisotopic (exact) mass is 415 g/mol. The summed E-state index contributed by atoms with van der Waals surface area (Å²) in [6, 6.07) is 11.9. The number of methoxy groups -OCH3 is 1. The van der Waals surface area contributed by atoms with Gasteiger partial charge in [-0.05, 0) is 67.6 Å². The van der Waals surface area contributed by atoms with Gasteiger partial charge in [-0.1, -0.05) is 18.2 Å². The van der Waals surface area contributed by atoms with Gasteiger partial charge in [0, 0.05) is 32.0 Å². The summed E-state index contributed by atoms with van der Waals surface area (Å²) < 4.78 is 33.3. The van der Waals surface area contributed by atoms with Gasteiger partial charge in [-0.2, -0.15) is 0 Å². The minimum absolute atomic E-state index is 0.226. The van der Waals surface area contributed by atoms with Crippen molar-refractivity contribution in [3.8, 4) is 5.75 Å². The molecule has 3 heterocycles. The van der Waals surface area contributed by atoms with E-state index < -0.39 is 10.0 Å². The number of hydrogen-bond donors (Lipinski definition) is 0. The topological polar surface area (TPSA) is 62.7 Å². The van der Waals surface area contributed by atoms with Crippen molar-refractivity contribution in [2.24, 2.45) is 5.92 Å². The maximum atomic E-state index is 13.2. The summed E-state index contributed by atoms with van der Waals surface area (Å²) in [6.07, 6.45) is 6.03. The molecule has 4 rings (SSSR count). The van der Waals surface area contributed by atoms with Gasteiger partial charge in [-0.3, -0.25) is 9.88 Å². The fourth-order valence-electron chi connectivity index (χ4n) is 4.56. The molecule has 0 spiro atoms. The molecule has 0 amide bonds. The fraction of sp³-hybridized carbons (Fsp3) is 0.500. The van der Waals surface area contributed by atoms with E-state index in [1.54, 1.807) is 17.6 Å². The van der Waals surface area contributed by atoms with Crippen LogP contribution in [0.4, 0.5) is 0 Å². The molecule has 1 aromatic carbocycles. The van der Waals surface area contributed by atoms with E-state index >= 15 is 0 Å². The van der Waals surface area contributed by atoms with E-state index in [9.17, 15) is 8.42 Å². The van der Waals surface area contributed by atoms with Crippen molar-refractivity contribution in [1.82, 2.24) is 14.2 Å². The van der Waals surface area contributed by atoms with E-state index in [0.29, 0.717) is 25.9 Å². The largest absolute Gasteiger partial charge is 0.497 e. The van der Waals surface area contributed by atoms with Crippen LogP contribution in [0, 0.1) is 5.92 Å². The molecule has 156 valence electrons. The van der Waals surface area contributed by atoms with E-state index in [4.69, 9.17) is 4.74 Å². The number of pyridine rings is 1. The minimum Gasteiger partial charge on any atom is -0.497 e. The Morgan fingerprint density at radius 3 is 2.76 bits per heavy atom. The van der Waals surface area contributed by atoms with Gasteiger partial charge < -0.3 is 4.74 Å². The lowest BCUT2D eigenvalue weighted by Gasteiger charge is -2.21. The molecule has 2 aliphatic heterocycles. The average molecular weight is 416 g/mol. The molecule has 2 aliphatic rings. The van der Waals surface area contributed by atoms with Crippen molar-refractivity contribution in [1.29, 1.82) is 0 Å². The summed E-state index contributed by atoms with van der Waals surface area (Å²) in [7, 11) is -1.58. The zero-order chi connectivity index (χ0) is 20.3. The zero-order valence-electron chi connectivity index (χ0n) is 16.9. The van der Waals surface area contributed by atoms with E-state index in [-0.39, 0.29) is 11.2 Å². The Bertz CT molecular complexity index is 920. The number of ether oxygens (including phenoxy) is 1. The van der Waals surface area contributed by atoms with Crippen LogP contribution in [-0.4, -0.2) is 61.1 Å². The van der Waals surface area contributed by atoms with Crippen LogP contribution in [0.5, 0.6) is 5.75 Å². The number of aromatic nitrogens is 1. The van der Waals surface area contributed by atoms with Gasteiger partial charge >= 0.3 is 0 Å². The summed E-state index contributed by atoms with van der Waals surface area (Å²) in [5.74, 6) is 1.04. The highest BCUT2D eigenvalue weighted by molar-refractivity contribution is 7.90. The molecule has 2 atom stereocenters. The number of fused-ring (bicyclic) bond motifs is 1. The van der Waals surface area contributed by atoms with Gasteiger partial charge in [0.25, 0.3) is 0 Å². The molecule has 29 heavy (non-hydrogen) atoms. The number of rotatable bonds is 6. The first kappa shape index (κ1) is 20.3. The van der Waals surface area contributed by atoms with Crippen molar-refractivity contribution in [3.05, 3.63) is 59.9 Å². The molecular formula is C22H29N3O3S. The van der Waals surface area contributed by atoms with E-state index in [1.807, 2.05) is 36.5 Å². The second-order valence-electron chi connectivity index (χ2n) is 8.02. The van der Waals surface area contributed by atoms with Crippen molar-refractivity contribution < 1.29 is 13.2 Å². The van der Waals surface area contributed by atoms with Gasteiger partial charge in [0.1, 0.15) is 5.75 Å². The molecule has 0 radical (unpaired) electrons. The highest BCUT2D eigenvalue weighted by Gasteiger charge is 2.46. The molecule has 0 aliphatic carbocycles. The third kappa shape index (κ3) is 4.63.